The van der Waals surface area contributed by atoms with Gasteiger partial charge in [-0.1, -0.05) is 42.0 Å². The first-order chi connectivity index (χ1) is 12.5. The van der Waals surface area contributed by atoms with Gasteiger partial charge in [-0.2, -0.15) is 0 Å². The third kappa shape index (κ3) is 4.14. The first-order valence-corrected chi connectivity index (χ1v) is 9.05. The number of likely N-dealkylation sites (tertiary alicyclic amines) is 1. The van der Waals surface area contributed by atoms with Gasteiger partial charge in [0.2, 0.25) is 0 Å². The van der Waals surface area contributed by atoms with E-state index in [4.69, 9.17) is 10.7 Å². The third-order valence-corrected chi connectivity index (χ3v) is 5.12. The molecule has 1 saturated heterocycles. The standard InChI is InChI=1S/C22H23N3O.2ClH/c1-14-7-8-17(15(2)11-14)21-12-19(18-5-3-4-6-20(18)24-21)22(26)25-10-9-16(23)13-25;;/h3-8,11-12,16H,9-10,13,23H2,1-2H3;2*1H/t16-;;/m1../s1. The van der Waals surface area contributed by atoms with E-state index in [0.717, 1.165) is 40.7 Å². The van der Waals surface area contributed by atoms with Crippen LogP contribution in [0.5, 0.6) is 0 Å². The molecule has 1 aliphatic rings. The molecule has 0 unspecified atom stereocenters. The molecule has 0 aliphatic carbocycles. The summed E-state index contributed by atoms with van der Waals surface area (Å²) < 4.78 is 0. The molecular weight excluding hydrogens is 393 g/mol. The van der Waals surface area contributed by atoms with Gasteiger partial charge in [0.05, 0.1) is 16.8 Å². The van der Waals surface area contributed by atoms with E-state index >= 15 is 0 Å². The zero-order chi connectivity index (χ0) is 18.3. The average molecular weight is 418 g/mol. The summed E-state index contributed by atoms with van der Waals surface area (Å²) in [5, 5.41) is 0.895. The van der Waals surface area contributed by atoms with Gasteiger partial charge in [0, 0.05) is 30.1 Å². The Morgan fingerprint density at radius 3 is 2.54 bits per heavy atom. The highest BCUT2D eigenvalue weighted by molar-refractivity contribution is 6.07. The average Bonchev–Trinajstić information content (AvgIpc) is 3.06. The van der Waals surface area contributed by atoms with Crippen molar-refractivity contribution in [1.29, 1.82) is 0 Å². The lowest BCUT2D eigenvalue weighted by molar-refractivity contribution is 0.0793. The molecule has 1 atom stereocenters. The van der Waals surface area contributed by atoms with Gasteiger partial charge in [0.15, 0.2) is 0 Å². The van der Waals surface area contributed by atoms with Crippen LogP contribution in [0.4, 0.5) is 0 Å². The number of fused-ring (bicyclic) bond motifs is 1. The predicted octanol–water partition coefficient (Wildman–Crippen LogP) is 4.54. The van der Waals surface area contributed by atoms with Crippen molar-refractivity contribution in [2.75, 3.05) is 13.1 Å². The van der Waals surface area contributed by atoms with Crippen LogP contribution in [0.15, 0.2) is 48.5 Å². The maximum atomic E-state index is 13.2. The third-order valence-electron chi connectivity index (χ3n) is 5.12. The molecule has 4 rings (SSSR count). The first kappa shape index (κ1) is 22.2. The normalized spacial score (nSPS) is 15.8. The summed E-state index contributed by atoms with van der Waals surface area (Å²) in [6.45, 7) is 5.50. The Balaban J connectivity index is 0.00000140. The molecule has 0 saturated carbocycles. The van der Waals surface area contributed by atoms with Crippen LogP contribution in [0, 0.1) is 13.8 Å². The number of halogens is 2. The van der Waals surface area contributed by atoms with Crippen LogP contribution in [-0.2, 0) is 0 Å². The van der Waals surface area contributed by atoms with E-state index in [1.54, 1.807) is 0 Å². The fourth-order valence-corrected chi connectivity index (χ4v) is 3.73. The maximum Gasteiger partial charge on any atom is 0.254 e. The van der Waals surface area contributed by atoms with E-state index in [1.165, 1.54) is 5.56 Å². The van der Waals surface area contributed by atoms with E-state index in [1.807, 2.05) is 35.2 Å². The van der Waals surface area contributed by atoms with Crippen LogP contribution in [0.25, 0.3) is 22.2 Å². The van der Waals surface area contributed by atoms with Gasteiger partial charge in [0.25, 0.3) is 5.91 Å². The van der Waals surface area contributed by atoms with E-state index in [2.05, 4.69) is 32.0 Å². The quantitative estimate of drug-likeness (QED) is 0.665. The zero-order valence-corrected chi connectivity index (χ0v) is 17.6. The SMILES string of the molecule is Cc1ccc(-c2cc(C(=O)N3CC[C@@H](N)C3)c3ccccc3n2)c(C)c1.Cl.Cl. The van der Waals surface area contributed by atoms with Crippen molar-refractivity contribution in [1.82, 2.24) is 9.88 Å². The lowest BCUT2D eigenvalue weighted by Crippen LogP contribution is -2.32. The number of pyridine rings is 1. The first-order valence-electron chi connectivity index (χ1n) is 9.05. The molecular formula is C22H25Cl2N3O. The van der Waals surface area contributed by atoms with Gasteiger partial charge in [-0.05, 0) is 38.0 Å². The number of nitrogens with two attached hydrogens (primary N) is 1. The van der Waals surface area contributed by atoms with Crippen molar-refractivity contribution in [3.63, 3.8) is 0 Å². The fourth-order valence-electron chi connectivity index (χ4n) is 3.73. The smallest absolute Gasteiger partial charge is 0.254 e. The number of benzene rings is 2. The summed E-state index contributed by atoms with van der Waals surface area (Å²) in [7, 11) is 0. The van der Waals surface area contributed by atoms with Crippen molar-refractivity contribution in [2.24, 2.45) is 5.73 Å². The number of hydrogen-bond acceptors (Lipinski definition) is 3. The van der Waals surface area contributed by atoms with Gasteiger partial charge < -0.3 is 10.6 Å². The highest BCUT2D eigenvalue weighted by Crippen LogP contribution is 2.29. The van der Waals surface area contributed by atoms with Crippen molar-refractivity contribution in [3.8, 4) is 11.3 Å². The van der Waals surface area contributed by atoms with Crippen LogP contribution in [0.2, 0.25) is 0 Å². The summed E-state index contributed by atoms with van der Waals surface area (Å²) in [6.07, 6.45) is 0.860. The second kappa shape index (κ2) is 8.91. The van der Waals surface area contributed by atoms with E-state index in [-0.39, 0.29) is 36.8 Å². The van der Waals surface area contributed by atoms with Gasteiger partial charge >= 0.3 is 0 Å². The second-order valence-electron chi connectivity index (χ2n) is 7.19. The summed E-state index contributed by atoms with van der Waals surface area (Å²) in [4.78, 5) is 19.9. The summed E-state index contributed by atoms with van der Waals surface area (Å²) >= 11 is 0. The number of aromatic nitrogens is 1. The minimum Gasteiger partial charge on any atom is -0.337 e. The number of rotatable bonds is 2. The van der Waals surface area contributed by atoms with Crippen LogP contribution < -0.4 is 5.73 Å². The number of carbonyl (C=O) groups is 1. The van der Waals surface area contributed by atoms with E-state index in [9.17, 15) is 4.79 Å². The fraction of sp³-hybridized carbons (Fsp3) is 0.273. The number of nitrogens with zero attached hydrogens (tertiary/aromatic N) is 2. The van der Waals surface area contributed by atoms with Crippen LogP contribution in [-0.4, -0.2) is 34.9 Å². The summed E-state index contributed by atoms with van der Waals surface area (Å²) in [5.74, 6) is 0.0440. The van der Waals surface area contributed by atoms with Crippen molar-refractivity contribution in [3.05, 3.63) is 65.2 Å². The molecule has 0 radical (unpaired) electrons. The van der Waals surface area contributed by atoms with Crippen molar-refractivity contribution >= 4 is 41.6 Å². The Kier molecular flexibility index (Phi) is 7.05. The summed E-state index contributed by atoms with van der Waals surface area (Å²) in [5.41, 5.74) is 11.8. The minimum atomic E-state index is 0. The lowest BCUT2D eigenvalue weighted by atomic mass is 9.99. The molecule has 3 aromatic rings. The molecule has 0 spiro atoms. The predicted molar refractivity (Wildman–Crippen MR) is 120 cm³/mol. The minimum absolute atomic E-state index is 0. The topological polar surface area (TPSA) is 59.2 Å². The number of carbonyl (C=O) groups excluding carboxylic acids is 1. The highest BCUT2D eigenvalue weighted by atomic mass is 35.5. The molecule has 4 nitrogen and oxygen atoms in total. The van der Waals surface area contributed by atoms with Gasteiger partial charge in [-0.25, -0.2) is 4.98 Å². The van der Waals surface area contributed by atoms with E-state index < -0.39 is 0 Å². The number of para-hydroxylation sites is 1. The van der Waals surface area contributed by atoms with Gasteiger partial charge in [-0.3, -0.25) is 4.79 Å². The molecule has 1 aromatic heterocycles. The Hall–Kier alpha value is -2.14. The number of amides is 1. The zero-order valence-electron chi connectivity index (χ0n) is 16.0. The van der Waals surface area contributed by atoms with Gasteiger partial charge in [0.1, 0.15) is 0 Å². The molecule has 6 heteroatoms. The van der Waals surface area contributed by atoms with Crippen molar-refractivity contribution in [2.45, 2.75) is 26.3 Å². The molecule has 28 heavy (non-hydrogen) atoms. The second-order valence-corrected chi connectivity index (χ2v) is 7.19. The molecule has 148 valence electrons. The Bertz CT molecular complexity index is 1010. The van der Waals surface area contributed by atoms with Crippen molar-refractivity contribution < 1.29 is 4.79 Å². The van der Waals surface area contributed by atoms with Crippen LogP contribution in [0.1, 0.15) is 27.9 Å². The number of hydrogen-bond donors (Lipinski definition) is 1. The molecule has 2 heterocycles. The molecule has 2 N–H and O–H groups in total. The lowest BCUT2D eigenvalue weighted by Gasteiger charge is -2.18. The molecule has 2 aromatic carbocycles. The number of aryl methyl sites for hydroxylation is 2. The molecule has 1 fully saturated rings. The largest absolute Gasteiger partial charge is 0.337 e. The maximum absolute atomic E-state index is 13.2. The Labute approximate surface area is 178 Å². The Morgan fingerprint density at radius 1 is 1.11 bits per heavy atom. The molecule has 0 bridgehead atoms. The Morgan fingerprint density at radius 2 is 1.86 bits per heavy atom. The van der Waals surface area contributed by atoms with Gasteiger partial charge in [-0.15, -0.1) is 24.8 Å². The molecule has 1 amide bonds. The van der Waals surface area contributed by atoms with E-state index in [0.29, 0.717) is 12.1 Å². The van der Waals surface area contributed by atoms with Crippen LogP contribution >= 0.6 is 24.8 Å². The highest BCUT2D eigenvalue weighted by Gasteiger charge is 2.26. The summed E-state index contributed by atoms with van der Waals surface area (Å²) in [6, 6.07) is 16.2. The monoisotopic (exact) mass is 417 g/mol. The van der Waals surface area contributed by atoms with Crippen LogP contribution in [0.3, 0.4) is 0 Å². The molecule has 1 aliphatic heterocycles.